The van der Waals surface area contributed by atoms with E-state index in [4.69, 9.17) is 16.3 Å². The standard InChI is InChI=1S/C17H18ClN3O3/c18-13-4-1-3-12(9-13)15-6-7-17(23)21(20-15)11-16(22)19-10-14-5-2-8-24-14/h1,3-4,6-7,9,14H,2,5,8,10-11H2,(H,19,22). The highest BCUT2D eigenvalue weighted by Crippen LogP contribution is 2.19. The fraction of sp³-hybridized carbons (Fsp3) is 0.353. The van der Waals surface area contributed by atoms with Crippen LogP contribution < -0.4 is 10.9 Å². The van der Waals surface area contributed by atoms with Gasteiger partial charge < -0.3 is 10.1 Å². The Morgan fingerprint density at radius 1 is 1.38 bits per heavy atom. The van der Waals surface area contributed by atoms with Crippen LogP contribution in [0.4, 0.5) is 0 Å². The van der Waals surface area contributed by atoms with Crippen LogP contribution in [0.3, 0.4) is 0 Å². The summed E-state index contributed by atoms with van der Waals surface area (Å²) >= 11 is 5.98. The molecule has 7 heteroatoms. The first-order valence-electron chi connectivity index (χ1n) is 7.84. The molecule has 3 rings (SSSR count). The molecule has 1 atom stereocenters. The maximum atomic E-state index is 12.0. The minimum atomic E-state index is -0.326. The molecule has 6 nitrogen and oxygen atoms in total. The van der Waals surface area contributed by atoms with E-state index < -0.39 is 0 Å². The third-order valence-electron chi connectivity index (χ3n) is 3.83. The fourth-order valence-electron chi connectivity index (χ4n) is 2.59. The molecule has 126 valence electrons. The molecule has 2 aromatic rings. The van der Waals surface area contributed by atoms with Crippen molar-refractivity contribution in [2.45, 2.75) is 25.5 Å². The lowest BCUT2D eigenvalue weighted by atomic mass is 10.1. The maximum Gasteiger partial charge on any atom is 0.267 e. The SMILES string of the molecule is O=C(Cn1nc(-c2cccc(Cl)c2)ccc1=O)NCC1CCCO1. The van der Waals surface area contributed by atoms with Crippen molar-refractivity contribution < 1.29 is 9.53 Å². The van der Waals surface area contributed by atoms with Crippen molar-refractivity contribution in [3.8, 4) is 11.3 Å². The summed E-state index contributed by atoms with van der Waals surface area (Å²) in [6.45, 7) is 1.07. The van der Waals surface area contributed by atoms with Crippen LogP contribution in [-0.2, 0) is 16.1 Å². The summed E-state index contributed by atoms with van der Waals surface area (Å²) in [6.07, 6.45) is 2.03. The molecule has 1 aliphatic heterocycles. The second-order valence-electron chi connectivity index (χ2n) is 5.66. The number of rotatable bonds is 5. The van der Waals surface area contributed by atoms with Gasteiger partial charge in [-0.15, -0.1) is 0 Å². The number of carbonyl (C=O) groups excluding carboxylic acids is 1. The molecule has 1 aromatic carbocycles. The molecule has 1 aromatic heterocycles. The monoisotopic (exact) mass is 347 g/mol. The second-order valence-corrected chi connectivity index (χ2v) is 6.10. The van der Waals surface area contributed by atoms with Crippen molar-refractivity contribution in [1.29, 1.82) is 0 Å². The van der Waals surface area contributed by atoms with Gasteiger partial charge in [0.25, 0.3) is 5.56 Å². The molecule has 0 aliphatic carbocycles. The number of amides is 1. The average molecular weight is 348 g/mol. The van der Waals surface area contributed by atoms with Crippen LogP contribution in [0, 0.1) is 0 Å². The van der Waals surface area contributed by atoms with Gasteiger partial charge in [0.1, 0.15) is 6.54 Å². The number of hydrogen-bond acceptors (Lipinski definition) is 4. The van der Waals surface area contributed by atoms with Crippen LogP contribution in [0.25, 0.3) is 11.3 Å². The van der Waals surface area contributed by atoms with Crippen LogP contribution in [-0.4, -0.2) is 34.9 Å². The maximum absolute atomic E-state index is 12.0. The number of nitrogens with one attached hydrogen (secondary N) is 1. The number of carbonyl (C=O) groups is 1. The van der Waals surface area contributed by atoms with Crippen molar-refractivity contribution in [1.82, 2.24) is 15.1 Å². The molecule has 1 unspecified atom stereocenters. The van der Waals surface area contributed by atoms with Crippen molar-refractivity contribution in [3.05, 3.63) is 51.8 Å². The molecule has 1 N–H and O–H groups in total. The predicted molar refractivity (Wildman–Crippen MR) is 90.9 cm³/mol. The van der Waals surface area contributed by atoms with Gasteiger partial charge in [0.05, 0.1) is 11.8 Å². The fourth-order valence-corrected chi connectivity index (χ4v) is 2.78. The largest absolute Gasteiger partial charge is 0.376 e. The number of benzene rings is 1. The topological polar surface area (TPSA) is 73.2 Å². The van der Waals surface area contributed by atoms with E-state index in [0.29, 0.717) is 17.3 Å². The summed E-state index contributed by atoms with van der Waals surface area (Å²) in [6, 6.07) is 10.2. The average Bonchev–Trinajstić information content (AvgIpc) is 3.08. The molecule has 1 fully saturated rings. The second kappa shape index (κ2) is 7.59. The Morgan fingerprint density at radius 2 is 2.25 bits per heavy atom. The lowest BCUT2D eigenvalue weighted by Crippen LogP contribution is -2.37. The molecule has 0 bridgehead atoms. The first kappa shape index (κ1) is 16.7. The van der Waals surface area contributed by atoms with E-state index in [0.717, 1.165) is 29.7 Å². The first-order valence-corrected chi connectivity index (χ1v) is 8.22. The Balaban J connectivity index is 1.69. The molecule has 0 spiro atoms. The number of aromatic nitrogens is 2. The lowest BCUT2D eigenvalue weighted by Gasteiger charge is -2.11. The van der Waals surface area contributed by atoms with Crippen molar-refractivity contribution in [3.63, 3.8) is 0 Å². The molecule has 1 saturated heterocycles. The first-order chi connectivity index (χ1) is 11.6. The molecular formula is C17H18ClN3O3. The van der Waals surface area contributed by atoms with E-state index >= 15 is 0 Å². The highest BCUT2D eigenvalue weighted by molar-refractivity contribution is 6.30. The van der Waals surface area contributed by atoms with Crippen LogP contribution >= 0.6 is 11.6 Å². The Morgan fingerprint density at radius 3 is 3.00 bits per heavy atom. The van der Waals surface area contributed by atoms with Crippen LogP contribution in [0.1, 0.15) is 12.8 Å². The molecular weight excluding hydrogens is 330 g/mol. The highest BCUT2D eigenvalue weighted by atomic mass is 35.5. The van der Waals surface area contributed by atoms with Gasteiger partial charge in [0, 0.05) is 29.8 Å². The normalized spacial score (nSPS) is 17.0. The summed E-state index contributed by atoms with van der Waals surface area (Å²) in [7, 11) is 0. The number of nitrogens with zero attached hydrogens (tertiary/aromatic N) is 2. The van der Waals surface area contributed by atoms with E-state index in [1.807, 2.05) is 12.1 Å². The molecule has 1 amide bonds. The Hall–Kier alpha value is -2.18. The third-order valence-corrected chi connectivity index (χ3v) is 4.07. The van der Waals surface area contributed by atoms with Gasteiger partial charge in [-0.05, 0) is 31.0 Å². The van der Waals surface area contributed by atoms with Gasteiger partial charge in [0.2, 0.25) is 5.91 Å². The van der Waals surface area contributed by atoms with Crippen LogP contribution in [0.15, 0.2) is 41.2 Å². The third kappa shape index (κ3) is 4.21. The smallest absolute Gasteiger partial charge is 0.267 e. The molecule has 0 radical (unpaired) electrons. The predicted octanol–water partition coefficient (Wildman–Crippen LogP) is 1.86. The Kier molecular flexibility index (Phi) is 5.27. The van der Waals surface area contributed by atoms with E-state index in [-0.39, 0.29) is 24.1 Å². The van der Waals surface area contributed by atoms with Gasteiger partial charge in [-0.2, -0.15) is 5.10 Å². The van der Waals surface area contributed by atoms with Crippen molar-refractivity contribution in [2.75, 3.05) is 13.2 Å². The van der Waals surface area contributed by atoms with Crippen LogP contribution in [0.2, 0.25) is 5.02 Å². The zero-order chi connectivity index (χ0) is 16.9. The summed E-state index contributed by atoms with van der Waals surface area (Å²) in [4.78, 5) is 24.0. The van der Waals surface area contributed by atoms with Gasteiger partial charge >= 0.3 is 0 Å². The Bertz CT molecular complexity index is 785. The van der Waals surface area contributed by atoms with Gasteiger partial charge in [-0.25, -0.2) is 4.68 Å². The number of ether oxygens (including phenoxy) is 1. The summed E-state index contributed by atoms with van der Waals surface area (Å²) in [5.74, 6) is -0.261. The van der Waals surface area contributed by atoms with Gasteiger partial charge in [-0.3, -0.25) is 9.59 Å². The molecule has 2 heterocycles. The van der Waals surface area contributed by atoms with Gasteiger partial charge in [-0.1, -0.05) is 23.7 Å². The molecule has 24 heavy (non-hydrogen) atoms. The summed E-state index contributed by atoms with van der Waals surface area (Å²) in [5.41, 5.74) is 1.05. The van der Waals surface area contributed by atoms with E-state index in [9.17, 15) is 9.59 Å². The van der Waals surface area contributed by atoms with Crippen LogP contribution in [0.5, 0.6) is 0 Å². The zero-order valence-electron chi connectivity index (χ0n) is 13.1. The molecule has 1 aliphatic rings. The quantitative estimate of drug-likeness (QED) is 0.896. The number of hydrogen-bond donors (Lipinski definition) is 1. The lowest BCUT2D eigenvalue weighted by molar-refractivity contribution is -0.122. The van der Waals surface area contributed by atoms with E-state index in [2.05, 4.69) is 10.4 Å². The zero-order valence-corrected chi connectivity index (χ0v) is 13.8. The van der Waals surface area contributed by atoms with E-state index in [1.54, 1.807) is 18.2 Å². The van der Waals surface area contributed by atoms with Crippen molar-refractivity contribution in [2.24, 2.45) is 0 Å². The van der Waals surface area contributed by atoms with E-state index in [1.165, 1.54) is 6.07 Å². The summed E-state index contributed by atoms with van der Waals surface area (Å²) in [5, 5.41) is 7.63. The highest BCUT2D eigenvalue weighted by Gasteiger charge is 2.16. The minimum Gasteiger partial charge on any atom is -0.376 e. The Labute approximate surface area is 144 Å². The minimum absolute atomic E-state index is 0.0661. The number of halogens is 1. The summed E-state index contributed by atoms with van der Waals surface area (Å²) < 4.78 is 6.61. The van der Waals surface area contributed by atoms with Crippen molar-refractivity contribution >= 4 is 17.5 Å². The van der Waals surface area contributed by atoms with Gasteiger partial charge in [0.15, 0.2) is 0 Å². The molecule has 0 saturated carbocycles.